The molecule has 1 atom stereocenters. The number of hydrogen-bond donors (Lipinski definition) is 2. The van der Waals surface area contributed by atoms with Gasteiger partial charge in [0.25, 0.3) is 0 Å². The number of phenols is 1. The molecule has 0 spiro atoms. The zero-order valence-electron chi connectivity index (χ0n) is 12.1. The highest BCUT2D eigenvalue weighted by molar-refractivity contribution is 6.35. The number of nitrogens with zero attached hydrogens (tertiary/aromatic N) is 1. The van der Waals surface area contributed by atoms with Gasteiger partial charge in [0, 0.05) is 42.8 Å². The Morgan fingerprint density at radius 3 is 2.43 bits per heavy atom. The zero-order valence-corrected chi connectivity index (χ0v) is 13.6. The molecule has 1 heterocycles. The first kappa shape index (κ1) is 15.4. The monoisotopic (exact) mass is 328 g/mol. The van der Waals surface area contributed by atoms with Crippen LogP contribution in [0, 0.1) is 5.92 Å². The second-order valence-electron chi connectivity index (χ2n) is 6.10. The molecule has 2 aliphatic rings. The van der Waals surface area contributed by atoms with E-state index >= 15 is 0 Å². The molecule has 21 heavy (non-hydrogen) atoms. The van der Waals surface area contributed by atoms with Crippen LogP contribution in [0.3, 0.4) is 0 Å². The summed E-state index contributed by atoms with van der Waals surface area (Å²) in [4.78, 5) is 2.47. The van der Waals surface area contributed by atoms with E-state index in [4.69, 9.17) is 23.2 Å². The lowest BCUT2D eigenvalue weighted by Gasteiger charge is -2.39. The topological polar surface area (TPSA) is 35.5 Å². The summed E-state index contributed by atoms with van der Waals surface area (Å²) >= 11 is 12.4. The maximum absolute atomic E-state index is 10.4. The number of nitrogens with one attached hydrogen (secondary N) is 1. The molecule has 1 aliphatic carbocycles. The van der Waals surface area contributed by atoms with Crippen molar-refractivity contribution in [1.29, 1.82) is 0 Å². The molecule has 0 radical (unpaired) electrons. The van der Waals surface area contributed by atoms with E-state index in [1.54, 1.807) is 12.1 Å². The molecule has 1 saturated heterocycles. The van der Waals surface area contributed by atoms with Crippen LogP contribution in [0.5, 0.6) is 5.75 Å². The Morgan fingerprint density at radius 2 is 1.81 bits per heavy atom. The van der Waals surface area contributed by atoms with Crippen molar-refractivity contribution in [3.63, 3.8) is 0 Å². The standard InChI is InChI=1S/C16H22Cl2N2O/c17-12-9-13(18)15(14(21)10-12)16(11-3-1-2-4-11)20-7-5-19-6-8-20/h9-11,16,19,21H,1-8H2/t16-/m0/s1. The summed E-state index contributed by atoms with van der Waals surface area (Å²) in [5.41, 5.74) is 0.870. The predicted octanol–water partition coefficient (Wildman–Crippen LogP) is 3.84. The van der Waals surface area contributed by atoms with Gasteiger partial charge in [-0.1, -0.05) is 36.0 Å². The van der Waals surface area contributed by atoms with Crippen LogP contribution >= 0.6 is 23.2 Å². The van der Waals surface area contributed by atoms with Crippen molar-refractivity contribution in [2.75, 3.05) is 26.2 Å². The smallest absolute Gasteiger partial charge is 0.123 e. The fraction of sp³-hybridized carbons (Fsp3) is 0.625. The summed E-state index contributed by atoms with van der Waals surface area (Å²) in [5.74, 6) is 0.815. The third kappa shape index (κ3) is 3.31. The second kappa shape index (κ2) is 6.74. The Hall–Kier alpha value is -0.480. The summed E-state index contributed by atoms with van der Waals surface area (Å²) < 4.78 is 0. The number of benzene rings is 1. The number of aromatic hydroxyl groups is 1. The van der Waals surface area contributed by atoms with E-state index in [1.165, 1.54) is 25.7 Å². The summed E-state index contributed by atoms with van der Waals surface area (Å²) in [6.45, 7) is 3.99. The minimum Gasteiger partial charge on any atom is -0.508 e. The van der Waals surface area contributed by atoms with E-state index in [9.17, 15) is 5.11 Å². The van der Waals surface area contributed by atoms with Crippen molar-refractivity contribution in [1.82, 2.24) is 10.2 Å². The van der Waals surface area contributed by atoms with E-state index in [2.05, 4.69) is 10.2 Å². The van der Waals surface area contributed by atoms with E-state index in [1.807, 2.05) is 0 Å². The molecule has 3 rings (SSSR count). The number of piperazine rings is 1. The van der Waals surface area contributed by atoms with Gasteiger partial charge in [-0.25, -0.2) is 0 Å². The molecule has 0 amide bonds. The molecule has 1 aliphatic heterocycles. The maximum Gasteiger partial charge on any atom is 0.123 e. The largest absolute Gasteiger partial charge is 0.508 e. The van der Waals surface area contributed by atoms with Crippen molar-refractivity contribution in [2.24, 2.45) is 5.92 Å². The number of phenolic OH excluding ortho intramolecular Hbond substituents is 1. The fourth-order valence-electron chi connectivity index (χ4n) is 3.81. The van der Waals surface area contributed by atoms with Crippen molar-refractivity contribution >= 4 is 23.2 Å². The molecule has 3 nitrogen and oxygen atoms in total. The SMILES string of the molecule is Oc1cc(Cl)cc(Cl)c1[C@H](C1CCCC1)N1CCNCC1. The normalized spacial score (nSPS) is 22.6. The van der Waals surface area contributed by atoms with E-state index < -0.39 is 0 Å². The van der Waals surface area contributed by atoms with Crippen molar-refractivity contribution in [3.05, 3.63) is 27.7 Å². The van der Waals surface area contributed by atoms with Gasteiger partial charge in [0.1, 0.15) is 5.75 Å². The Labute approximate surface area is 136 Å². The van der Waals surface area contributed by atoms with Gasteiger partial charge in [-0.05, 0) is 30.9 Å². The molecule has 0 bridgehead atoms. The second-order valence-corrected chi connectivity index (χ2v) is 6.94. The van der Waals surface area contributed by atoms with Gasteiger partial charge in [0.15, 0.2) is 0 Å². The molecule has 1 aromatic rings. The van der Waals surface area contributed by atoms with Crippen LogP contribution in [0.4, 0.5) is 0 Å². The van der Waals surface area contributed by atoms with Crippen molar-refractivity contribution < 1.29 is 5.11 Å². The third-order valence-corrected chi connectivity index (χ3v) is 5.29. The van der Waals surface area contributed by atoms with Gasteiger partial charge >= 0.3 is 0 Å². The number of hydrogen-bond acceptors (Lipinski definition) is 3. The molecule has 1 aromatic carbocycles. The Kier molecular flexibility index (Phi) is 4.95. The average molecular weight is 329 g/mol. The molecule has 5 heteroatoms. The first-order valence-corrected chi connectivity index (χ1v) is 8.55. The summed E-state index contributed by atoms with van der Waals surface area (Å²) in [6, 6.07) is 3.58. The Balaban J connectivity index is 1.97. The van der Waals surface area contributed by atoms with Crippen LogP contribution in [0.1, 0.15) is 37.3 Å². The zero-order chi connectivity index (χ0) is 14.8. The highest BCUT2D eigenvalue weighted by Gasteiger charge is 2.34. The van der Waals surface area contributed by atoms with Gasteiger partial charge in [0.2, 0.25) is 0 Å². The van der Waals surface area contributed by atoms with Gasteiger partial charge in [-0.3, -0.25) is 4.90 Å². The minimum atomic E-state index is 0.208. The highest BCUT2D eigenvalue weighted by Crippen LogP contribution is 2.45. The van der Waals surface area contributed by atoms with Gasteiger partial charge < -0.3 is 10.4 Å². The molecule has 0 unspecified atom stereocenters. The molecule has 2 fully saturated rings. The molecule has 2 N–H and O–H groups in total. The van der Waals surface area contributed by atoms with Crippen LogP contribution in [0.25, 0.3) is 0 Å². The fourth-order valence-corrected chi connectivity index (χ4v) is 4.41. The molecule has 116 valence electrons. The van der Waals surface area contributed by atoms with Gasteiger partial charge in [-0.15, -0.1) is 0 Å². The number of rotatable bonds is 3. The Morgan fingerprint density at radius 1 is 1.14 bits per heavy atom. The van der Waals surface area contributed by atoms with Gasteiger partial charge in [-0.2, -0.15) is 0 Å². The Bertz CT molecular complexity index is 474. The van der Waals surface area contributed by atoms with E-state index in [0.29, 0.717) is 16.0 Å². The molecule has 1 saturated carbocycles. The minimum absolute atomic E-state index is 0.208. The van der Waals surface area contributed by atoms with Crippen LogP contribution in [-0.2, 0) is 0 Å². The van der Waals surface area contributed by atoms with Crippen LogP contribution in [0.2, 0.25) is 10.0 Å². The highest BCUT2D eigenvalue weighted by atomic mass is 35.5. The van der Waals surface area contributed by atoms with E-state index in [0.717, 1.165) is 31.7 Å². The summed E-state index contributed by atoms with van der Waals surface area (Å²) in [7, 11) is 0. The number of halogens is 2. The molecule has 0 aromatic heterocycles. The third-order valence-electron chi connectivity index (χ3n) is 4.76. The van der Waals surface area contributed by atoms with Crippen LogP contribution in [0.15, 0.2) is 12.1 Å². The first-order chi connectivity index (χ1) is 10.2. The molecular weight excluding hydrogens is 307 g/mol. The quantitative estimate of drug-likeness (QED) is 0.884. The maximum atomic E-state index is 10.4. The first-order valence-electron chi connectivity index (χ1n) is 7.79. The van der Waals surface area contributed by atoms with Crippen molar-refractivity contribution in [3.8, 4) is 5.75 Å². The van der Waals surface area contributed by atoms with Gasteiger partial charge in [0.05, 0.1) is 5.02 Å². The van der Waals surface area contributed by atoms with Crippen LogP contribution < -0.4 is 5.32 Å². The van der Waals surface area contributed by atoms with Crippen molar-refractivity contribution in [2.45, 2.75) is 31.7 Å². The lowest BCUT2D eigenvalue weighted by molar-refractivity contribution is 0.123. The lowest BCUT2D eigenvalue weighted by Crippen LogP contribution is -2.46. The lowest BCUT2D eigenvalue weighted by atomic mass is 9.89. The summed E-state index contributed by atoms with van der Waals surface area (Å²) in [6.07, 6.45) is 4.98. The van der Waals surface area contributed by atoms with Crippen LogP contribution in [-0.4, -0.2) is 36.2 Å². The molecular formula is C16H22Cl2N2O. The predicted molar refractivity (Wildman–Crippen MR) is 87.3 cm³/mol. The van der Waals surface area contributed by atoms with E-state index in [-0.39, 0.29) is 11.8 Å². The average Bonchev–Trinajstić information content (AvgIpc) is 2.97. The summed E-state index contributed by atoms with van der Waals surface area (Å²) in [5, 5.41) is 14.9.